The second-order valence-electron chi connectivity index (χ2n) is 3.64. The number of hydrogen-bond donors (Lipinski definition) is 2. The molecule has 0 bridgehead atoms. The zero-order valence-electron chi connectivity index (χ0n) is 8.96. The maximum atomic E-state index is 6.12. The van der Waals surface area contributed by atoms with Crippen LogP contribution < -0.4 is 11.1 Å². The van der Waals surface area contributed by atoms with Crippen LogP contribution in [0.1, 0.15) is 10.4 Å². The highest BCUT2D eigenvalue weighted by molar-refractivity contribution is 7.10. The number of rotatable bonds is 3. The van der Waals surface area contributed by atoms with Crippen molar-refractivity contribution in [2.45, 2.75) is 13.5 Å². The fourth-order valence-corrected chi connectivity index (χ4v) is 2.47. The van der Waals surface area contributed by atoms with E-state index in [9.17, 15) is 0 Å². The van der Waals surface area contributed by atoms with E-state index in [4.69, 9.17) is 17.3 Å². The number of nitrogen functional groups attached to an aromatic ring is 1. The minimum atomic E-state index is 0.715. The summed E-state index contributed by atoms with van der Waals surface area (Å²) in [6.07, 6.45) is 0. The Morgan fingerprint density at radius 3 is 2.81 bits per heavy atom. The van der Waals surface area contributed by atoms with Gasteiger partial charge in [0, 0.05) is 10.6 Å². The van der Waals surface area contributed by atoms with E-state index in [-0.39, 0.29) is 0 Å². The van der Waals surface area contributed by atoms with Crippen LogP contribution in [0.25, 0.3) is 0 Å². The molecule has 0 saturated carbocycles. The van der Waals surface area contributed by atoms with E-state index < -0.39 is 0 Å². The molecule has 0 unspecified atom stereocenters. The van der Waals surface area contributed by atoms with Gasteiger partial charge in [-0.05, 0) is 36.1 Å². The van der Waals surface area contributed by atoms with E-state index in [2.05, 4.69) is 5.32 Å². The molecule has 2 rings (SSSR count). The summed E-state index contributed by atoms with van der Waals surface area (Å²) in [5.74, 6) is 0. The number of thiophene rings is 1. The lowest BCUT2D eigenvalue weighted by Crippen LogP contribution is -2.00. The molecular formula is C12H13ClN2S. The van der Waals surface area contributed by atoms with Crippen LogP contribution in [0.2, 0.25) is 5.02 Å². The molecule has 0 fully saturated rings. The number of halogens is 1. The summed E-state index contributed by atoms with van der Waals surface area (Å²) in [5.41, 5.74) is 8.74. The Labute approximate surface area is 104 Å². The third-order valence-electron chi connectivity index (χ3n) is 2.34. The van der Waals surface area contributed by atoms with E-state index in [0.717, 1.165) is 26.8 Å². The van der Waals surface area contributed by atoms with Crippen molar-refractivity contribution in [3.05, 3.63) is 45.1 Å². The Balaban J connectivity index is 2.08. The molecule has 0 amide bonds. The van der Waals surface area contributed by atoms with Crippen molar-refractivity contribution in [3.8, 4) is 0 Å². The molecule has 1 aromatic carbocycles. The molecule has 0 aliphatic rings. The third kappa shape index (κ3) is 2.49. The van der Waals surface area contributed by atoms with Gasteiger partial charge in [0.2, 0.25) is 0 Å². The Kier molecular flexibility index (Phi) is 3.36. The number of nitrogens with one attached hydrogen (secondary N) is 1. The van der Waals surface area contributed by atoms with Crippen LogP contribution in [0, 0.1) is 6.92 Å². The molecule has 2 nitrogen and oxygen atoms in total. The lowest BCUT2D eigenvalue weighted by Gasteiger charge is -2.08. The second-order valence-corrected chi connectivity index (χ2v) is 5.04. The van der Waals surface area contributed by atoms with Gasteiger partial charge in [0.1, 0.15) is 0 Å². The Morgan fingerprint density at radius 2 is 2.19 bits per heavy atom. The monoisotopic (exact) mass is 252 g/mol. The standard InChI is InChI=1S/C12H13ClN2S/c1-8-2-3-11(9(13)6-8)15-7-12-10(14)4-5-16-12/h2-6,15H,7,14H2,1H3. The first-order chi connectivity index (χ1) is 7.66. The normalized spacial score (nSPS) is 10.4. The molecule has 1 aromatic heterocycles. The largest absolute Gasteiger partial charge is 0.398 e. The Bertz CT molecular complexity index is 494. The van der Waals surface area contributed by atoms with Crippen molar-refractivity contribution in [2.24, 2.45) is 0 Å². The van der Waals surface area contributed by atoms with Crippen LogP contribution in [0.5, 0.6) is 0 Å². The fourth-order valence-electron chi connectivity index (χ4n) is 1.43. The molecule has 0 atom stereocenters. The van der Waals surface area contributed by atoms with Crippen LogP contribution in [-0.2, 0) is 6.54 Å². The Hall–Kier alpha value is -1.19. The predicted molar refractivity (Wildman–Crippen MR) is 72.2 cm³/mol. The highest BCUT2D eigenvalue weighted by Crippen LogP contribution is 2.25. The third-order valence-corrected chi connectivity index (χ3v) is 3.59. The molecule has 1 heterocycles. The molecule has 3 N–H and O–H groups in total. The first kappa shape index (κ1) is 11.3. The molecule has 16 heavy (non-hydrogen) atoms. The summed E-state index contributed by atoms with van der Waals surface area (Å²) in [4.78, 5) is 1.14. The van der Waals surface area contributed by atoms with E-state index >= 15 is 0 Å². The second kappa shape index (κ2) is 4.76. The van der Waals surface area contributed by atoms with Gasteiger partial charge >= 0.3 is 0 Å². The lowest BCUT2D eigenvalue weighted by molar-refractivity contribution is 1.19. The predicted octanol–water partition coefficient (Wildman–Crippen LogP) is 3.90. The summed E-state index contributed by atoms with van der Waals surface area (Å²) >= 11 is 7.77. The van der Waals surface area contributed by atoms with Crippen LogP contribution in [-0.4, -0.2) is 0 Å². The van der Waals surface area contributed by atoms with Gasteiger partial charge < -0.3 is 11.1 Å². The summed E-state index contributed by atoms with van der Waals surface area (Å²) in [7, 11) is 0. The zero-order chi connectivity index (χ0) is 11.5. The number of aryl methyl sites for hydroxylation is 1. The number of nitrogens with two attached hydrogens (primary N) is 1. The number of benzene rings is 1. The van der Waals surface area contributed by atoms with E-state index in [1.165, 1.54) is 0 Å². The van der Waals surface area contributed by atoms with Crippen molar-refractivity contribution in [1.82, 2.24) is 0 Å². The van der Waals surface area contributed by atoms with Crippen molar-refractivity contribution < 1.29 is 0 Å². The van der Waals surface area contributed by atoms with Crippen molar-refractivity contribution in [3.63, 3.8) is 0 Å². The molecule has 0 radical (unpaired) electrons. The highest BCUT2D eigenvalue weighted by atomic mass is 35.5. The first-order valence-electron chi connectivity index (χ1n) is 4.98. The molecule has 2 aromatic rings. The number of hydrogen-bond acceptors (Lipinski definition) is 3. The van der Waals surface area contributed by atoms with E-state index in [1.54, 1.807) is 11.3 Å². The van der Waals surface area contributed by atoms with Crippen molar-refractivity contribution >= 4 is 34.3 Å². The van der Waals surface area contributed by atoms with Crippen molar-refractivity contribution in [1.29, 1.82) is 0 Å². The lowest BCUT2D eigenvalue weighted by atomic mass is 10.2. The quantitative estimate of drug-likeness (QED) is 0.869. The highest BCUT2D eigenvalue weighted by Gasteiger charge is 2.03. The minimum Gasteiger partial charge on any atom is -0.398 e. The molecule has 0 aliphatic carbocycles. The van der Waals surface area contributed by atoms with Gasteiger partial charge in [0.15, 0.2) is 0 Å². The van der Waals surface area contributed by atoms with Gasteiger partial charge in [-0.3, -0.25) is 0 Å². The average Bonchev–Trinajstić information content (AvgIpc) is 2.63. The Morgan fingerprint density at radius 1 is 1.38 bits per heavy atom. The fraction of sp³-hybridized carbons (Fsp3) is 0.167. The van der Waals surface area contributed by atoms with Gasteiger partial charge in [-0.25, -0.2) is 0 Å². The van der Waals surface area contributed by atoms with Crippen LogP contribution >= 0.6 is 22.9 Å². The summed E-state index contributed by atoms with van der Waals surface area (Å²) < 4.78 is 0. The van der Waals surface area contributed by atoms with Gasteiger partial charge in [-0.2, -0.15) is 0 Å². The van der Waals surface area contributed by atoms with E-state index in [1.807, 2.05) is 36.6 Å². The molecule has 0 aliphatic heterocycles. The summed E-state index contributed by atoms with van der Waals surface area (Å²) in [6, 6.07) is 7.88. The topological polar surface area (TPSA) is 38.0 Å². The minimum absolute atomic E-state index is 0.715. The maximum Gasteiger partial charge on any atom is 0.0640 e. The molecular weight excluding hydrogens is 240 g/mol. The van der Waals surface area contributed by atoms with Crippen LogP contribution in [0.4, 0.5) is 11.4 Å². The average molecular weight is 253 g/mol. The van der Waals surface area contributed by atoms with Gasteiger partial charge in [-0.15, -0.1) is 11.3 Å². The summed E-state index contributed by atoms with van der Waals surface area (Å²) in [5, 5.41) is 6.02. The first-order valence-corrected chi connectivity index (χ1v) is 6.24. The molecule has 0 saturated heterocycles. The molecule has 84 valence electrons. The SMILES string of the molecule is Cc1ccc(NCc2sccc2N)c(Cl)c1. The zero-order valence-corrected chi connectivity index (χ0v) is 10.5. The van der Waals surface area contributed by atoms with Gasteiger partial charge in [0.25, 0.3) is 0 Å². The van der Waals surface area contributed by atoms with Crippen LogP contribution in [0.3, 0.4) is 0 Å². The smallest absolute Gasteiger partial charge is 0.0640 e. The molecule has 0 spiro atoms. The van der Waals surface area contributed by atoms with Gasteiger partial charge in [0.05, 0.1) is 17.3 Å². The van der Waals surface area contributed by atoms with E-state index in [0.29, 0.717) is 6.54 Å². The number of anilines is 2. The van der Waals surface area contributed by atoms with Crippen LogP contribution in [0.15, 0.2) is 29.6 Å². The van der Waals surface area contributed by atoms with Crippen molar-refractivity contribution in [2.75, 3.05) is 11.1 Å². The van der Waals surface area contributed by atoms with Gasteiger partial charge in [-0.1, -0.05) is 17.7 Å². The maximum absolute atomic E-state index is 6.12. The molecule has 4 heteroatoms. The summed E-state index contributed by atoms with van der Waals surface area (Å²) in [6.45, 7) is 2.74.